The van der Waals surface area contributed by atoms with Crippen LogP contribution in [0.3, 0.4) is 0 Å². The largest absolute Gasteiger partial charge is 0.374 e. The molecule has 2 rings (SSSR count). The first kappa shape index (κ1) is 12.0. The lowest BCUT2D eigenvalue weighted by molar-refractivity contribution is -0.121. The van der Waals surface area contributed by atoms with Crippen LogP contribution < -0.4 is 10.6 Å². The van der Waals surface area contributed by atoms with E-state index in [1.807, 2.05) is 13.0 Å². The van der Waals surface area contributed by atoms with Gasteiger partial charge in [0.25, 0.3) is 0 Å². The topological polar surface area (TPSA) is 41.1 Å². The normalized spacial score (nSPS) is 16.4. The highest BCUT2D eigenvalue weighted by Gasteiger charge is 2.25. The highest BCUT2D eigenvalue weighted by molar-refractivity contribution is 5.84. The zero-order valence-electron chi connectivity index (χ0n) is 10.7. The molecule has 0 radical (unpaired) electrons. The van der Waals surface area contributed by atoms with E-state index in [0.29, 0.717) is 6.04 Å². The van der Waals surface area contributed by atoms with Crippen molar-refractivity contribution >= 4 is 11.6 Å². The molecule has 3 nitrogen and oxygen atoms in total. The van der Waals surface area contributed by atoms with E-state index in [4.69, 9.17) is 0 Å². The number of aryl methyl sites for hydroxylation is 2. The highest BCUT2D eigenvalue weighted by Crippen LogP contribution is 2.19. The molecule has 0 bridgehead atoms. The van der Waals surface area contributed by atoms with Crippen LogP contribution in [0.2, 0.25) is 0 Å². The molecule has 0 heterocycles. The third-order valence-electron chi connectivity index (χ3n) is 3.21. The van der Waals surface area contributed by atoms with Crippen molar-refractivity contribution < 1.29 is 4.79 Å². The zero-order chi connectivity index (χ0) is 12.4. The molecule has 92 valence electrons. The van der Waals surface area contributed by atoms with E-state index in [1.165, 1.54) is 11.1 Å². The number of nitrogens with one attached hydrogen (secondary N) is 2. The Bertz CT molecular complexity index is 424. The van der Waals surface area contributed by atoms with E-state index in [0.717, 1.165) is 18.5 Å². The van der Waals surface area contributed by atoms with Gasteiger partial charge in [0, 0.05) is 11.7 Å². The lowest BCUT2D eigenvalue weighted by Crippen LogP contribution is -2.38. The molecule has 1 amide bonds. The van der Waals surface area contributed by atoms with Crippen molar-refractivity contribution in [3.63, 3.8) is 0 Å². The monoisotopic (exact) mass is 232 g/mol. The number of hydrogen-bond donors (Lipinski definition) is 2. The van der Waals surface area contributed by atoms with Crippen molar-refractivity contribution in [2.45, 2.75) is 45.7 Å². The maximum absolute atomic E-state index is 11.8. The molecule has 1 unspecified atom stereocenters. The summed E-state index contributed by atoms with van der Waals surface area (Å²) in [6.45, 7) is 6.06. The van der Waals surface area contributed by atoms with Gasteiger partial charge in [0.2, 0.25) is 5.91 Å². The molecule has 1 aliphatic carbocycles. The van der Waals surface area contributed by atoms with Gasteiger partial charge in [-0.1, -0.05) is 6.07 Å². The first-order valence-electron chi connectivity index (χ1n) is 6.20. The van der Waals surface area contributed by atoms with Crippen LogP contribution in [0.25, 0.3) is 0 Å². The van der Waals surface area contributed by atoms with Gasteiger partial charge in [-0.2, -0.15) is 0 Å². The minimum atomic E-state index is -0.183. The van der Waals surface area contributed by atoms with Gasteiger partial charge in [-0.25, -0.2) is 0 Å². The maximum Gasteiger partial charge on any atom is 0.242 e. The SMILES string of the molecule is Cc1ccc(NC(C)C(=O)NC2CC2)cc1C. The Morgan fingerprint density at radius 3 is 2.59 bits per heavy atom. The third kappa shape index (κ3) is 3.22. The van der Waals surface area contributed by atoms with Gasteiger partial charge in [0.15, 0.2) is 0 Å². The van der Waals surface area contributed by atoms with Crippen molar-refractivity contribution in [2.24, 2.45) is 0 Å². The molecule has 1 saturated carbocycles. The van der Waals surface area contributed by atoms with E-state index in [-0.39, 0.29) is 11.9 Å². The minimum absolute atomic E-state index is 0.0886. The number of benzene rings is 1. The molecule has 0 aliphatic heterocycles. The Labute approximate surface area is 103 Å². The number of amides is 1. The molecule has 0 spiro atoms. The highest BCUT2D eigenvalue weighted by atomic mass is 16.2. The summed E-state index contributed by atoms with van der Waals surface area (Å²) in [6, 6.07) is 6.41. The van der Waals surface area contributed by atoms with E-state index in [2.05, 4.69) is 36.6 Å². The summed E-state index contributed by atoms with van der Waals surface area (Å²) in [4.78, 5) is 11.8. The fraction of sp³-hybridized carbons (Fsp3) is 0.500. The Balaban J connectivity index is 1.94. The third-order valence-corrected chi connectivity index (χ3v) is 3.21. The number of hydrogen-bond acceptors (Lipinski definition) is 2. The van der Waals surface area contributed by atoms with Gasteiger partial charge in [-0.05, 0) is 56.9 Å². The summed E-state index contributed by atoms with van der Waals surface area (Å²) in [5.41, 5.74) is 3.52. The fourth-order valence-corrected chi connectivity index (χ4v) is 1.70. The van der Waals surface area contributed by atoms with Gasteiger partial charge >= 0.3 is 0 Å². The Morgan fingerprint density at radius 2 is 2.00 bits per heavy atom. The van der Waals surface area contributed by atoms with E-state index < -0.39 is 0 Å². The molecular formula is C14H20N2O. The minimum Gasteiger partial charge on any atom is -0.374 e. The fourth-order valence-electron chi connectivity index (χ4n) is 1.70. The van der Waals surface area contributed by atoms with E-state index >= 15 is 0 Å². The molecule has 2 N–H and O–H groups in total. The number of rotatable bonds is 4. The lowest BCUT2D eigenvalue weighted by Gasteiger charge is -2.15. The number of carbonyl (C=O) groups excluding carboxylic acids is 1. The summed E-state index contributed by atoms with van der Waals surface area (Å²) in [7, 11) is 0. The molecule has 0 aromatic heterocycles. The quantitative estimate of drug-likeness (QED) is 0.837. The average Bonchev–Trinajstić information content (AvgIpc) is 3.07. The lowest BCUT2D eigenvalue weighted by atomic mass is 10.1. The van der Waals surface area contributed by atoms with Gasteiger partial charge in [-0.3, -0.25) is 4.79 Å². The van der Waals surface area contributed by atoms with Crippen LogP contribution in [0.4, 0.5) is 5.69 Å². The Morgan fingerprint density at radius 1 is 1.29 bits per heavy atom. The molecule has 1 fully saturated rings. The van der Waals surface area contributed by atoms with Crippen molar-refractivity contribution in [1.82, 2.24) is 5.32 Å². The van der Waals surface area contributed by atoms with E-state index in [1.54, 1.807) is 0 Å². The van der Waals surface area contributed by atoms with Crippen LogP contribution >= 0.6 is 0 Å². The van der Waals surface area contributed by atoms with Crippen LogP contribution in [0.1, 0.15) is 30.9 Å². The van der Waals surface area contributed by atoms with Crippen molar-refractivity contribution in [3.8, 4) is 0 Å². The maximum atomic E-state index is 11.8. The molecule has 1 aromatic rings. The number of carbonyl (C=O) groups is 1. The Hall–Kier alpha value is -1.51. The molecular weight excluding hydrogens is 212 g/mol. The molecule has 0 saturated heterocycles. The van der Waals surface area contributed by atoms with Gasteiger partial charge < -0.3 is 10.6 Å². The van der Waals surface area contributed by atoms with Crippen LogP contribution in [0, 0.1) is 13.8 Å². The summed E-state index contributed by atoms with van der Waals surface area (Å²) in [6.07, 6.45) is 2.25. The Kier molecular flexibility index (Phi) is 3.36. The molecule has 3 heteroatoms. The molecule has 1 aliphatic rings. The van der Waals surface area contributed by atoms with Crippen LogP contribution in [0.15, 0.2) is 18.2 Å². The molecule has 17 heavy (non-hydrogen) atoms. The second-order valence-corrected chi connectivity index (χ2v) is 4.95. The average molecular weight is 232 g/mol. The van der Waals surface area contributed by atoms with Gasteiger partial charge in [0.1, 0.15) is 6.04 Å². The predicted octanol–water partition coefficient (Wildman–Crippen LogP) is 2.38. The van der Waals surface area contributed by atoms with Crippen LogP contribution in [-0.4, -0.2) is 18.0 Å². The predicted molar refractivity (Wildman–Crippen MR) is 70.2 cm³/mol. The van der Waals surface area contributed by atoms with Gasteiger partial charge in [0.05, 0.1) is 0 Å². The summed E-state index contributed by atoms with van der Waals surface area (Å²) in [5.74, 6) is 0.0886. The first-order valence-corrected chi connectivity index (χ1v) is 6.20. The van der Waals surface area contributed by atoms with Crippen molar-refractivity contribution in [1.29, 1.82) is 0 Å². The smallest absolute Gasteiger partial charge is 0.242 e. The second-order valence-electron chi connectivity index (χ2n) is 4.95. The van der Waals surface area contributed by atoms with E-state index in [9.17, 15) is 4.79 Å². The van der Waals surface area contributed by atoms with Crippen LogP contribution in [-0.2, 0) is 4.79 Å². The molecule has 1 aromatic carbocycles. The van der Waals surface area contributed by atoms with Crippen molar-refractivity contribution in [3.05, 3.63) is 29.3 Å². The number of anilines is 1. The standard InChI is InChI=1S/C14H20N2O/c1-9-4-5-13(8-10(9)2)15-11(3)14(17)16-12-6-7-12/h4-5,8,11-12,15H,6-7H2,1-3H3,(H,16,17). The van der Waals surface area contributed by atoms with Crippen molar-refractivity contribution in [2.75, 3.05) is 5.32 Å². The summed E-state index contributed by atoms with van der Waals surface area (Å²) in [5, 5.41) is 6.23. The first-order chi connectivity index (χ1) is 8.06. The molecule has 1 atom stereocenters. The van der Waals surface area contributed by atoms with Crippen LogP contribution in [0.5, 0.6) is 0 Å². The summed E-state index contributed by atoms with van der Waals surface area (Å²) >= 11 is 0. The van der Waals surface area contributed by atoms with Gasteiger partial charge in [-0.15, -0.1) is 0 Å². The summed E-state index contributed by atoms with van der Waals surface area (Å²) < 4.78 is 0. The zero-order valence-corrected chi connectivity index (χ0v) is 10.7. The second kappa shape index (κ2) is 4.78.